The van der Waals surface area contributed by atoms with E-state index < -0.39 is 91.5 Å². The minimum Gasteiger partial charge on any atom is -0.463 e. The van der Waals surface area contributed by atoms with Gasteiger partial charge in [0.2, 0.25) is 0 Å². The molecule has 0 radical (unpaired) electrons. The maximum Gasteiger partial charge on any atom is 0.472 e. The van der Waals surface area contributed by atoms with Crippen molar-refractivity contribution in [3.63, 3.8) is 0 Å². The number of ether oxygens (including phenoxy) is 3. The third kappa shape index (κ3) is 77.6. The van der Waals surface area contributed by atoms with Crippen molar-refractivity contribution in [3.8, 4) is 0 Å². The Morgan fingerprint density at radius 3 is 0.786 bits per heavy atom. The fourth-order valence-corrected chi connectivity index (χ4v) is 11.4. The second kappa shape index (κ2) is 76.3. The molecular formula is C85H138O16P2. The average molecular weight is 1480 g/mol. The van der Waals surface area contributed by atoms with Crippen molar-refractivity contribution in [3.05, 3.63) is 182 Å². The maximum atomic E-state index is 13.0. The first kappa shape index (κ1) is 97.7. The minimum atomic E-state index is -4.95. The van der Waals surface area contributed by atoms with Crippen LogP contribution in [0.5, 0.6) is 0 Å². The summed E-state index contributed by atoms with van der Waals surface area (Å²) < 4.78 is 61.1. The smallest absolute Gasteiger partial charge is 0.463 e. The number of unbranched alkanes of at least 4 members (excludes halogenated alkanes) is 19. The van der Waals surface area contributed by atoms with Crippen molar-refractivity contribution >= 4 is 33.6 Å². The van der Waals surface area contributed by atoms with Crippen LogP contribution >= 0.6 is 15.6 Å². The van der Waals surface area contributed by atoms with Crippen LogP contribution < -0.4 is 0 Å². The number of phosphoric ester groups is 2. The number of aliphatic hydroxyl groups is 2. The van der Waals surface area contributed by atoms with Crippen molar-refractivity contribution in [1.29, 1.82) is 0 Å². The first-order chi connectivity index (χ1) is 50.2. The van der Waals surface area contributed by atoms with Crippen LogP contribution in [0.4, 0.5) is 0 Å². The number of hydrogen-bond acceptors (Lipinski definition) is 14. The van der Waals surface area contributed by atoms with E-state index in [4.69, 9.17) is 32.3 Å². The molecule has 0 aliphatic carbocycles. The largest absolute Gasteiger partial charge is 0.472 e. The lowest BCUT2D eigenvalue weighted by Gasteiger charge is -2.21. The van der Waals surface area contributed by atoms with E-state index in [-0.39, 0.29) is 19.3 Å². The molecule has 0 bridgehead atoms. The van der Waals surface area contributed by atoms with Gasteiger partial charge in [0, 0.05) is 19.3 Å². The van der Waals surface area contributed by atoms with Gasteiger partial charge in [-0.25, -0.2) is 9.13 Å². The molecule has 0 aromatic carbocycles. The van der Waals surface area contributed by atoms with Gasteiger partial charge in [-0.3, -0.25) is 32.5 Å². The van der Waals surface area contributed by atoms with Gasteiger partial charge in [-0.05, 0) is 154 Å². The monoisotopic (exact) mass is 1480 g/mol. The lowest BCUT2D eigenvalue weighted by atomic mass is 10.1. The van der Waals surface area contributed by atoms with Crippen molar-refractivity contribution in [2.75, 3.05) is 39.6 Å². The Kier molecular flexibility index (Phi) is 72.3. The zero-order valence-electron chi connectivity index (χ0n) is 63.7. The third-order valence-electron chi connectivity index (χ3n) is 15.6. The Labute approximate surface area is 624 Å². The van der Waals surface area contributed by atoms with Crippen LogP contribution in [0, 0.1) is 0 Å². The van der Waals surface area contributed by atoms with E-state index in [1.165, 1.54) is 32.1 Å². The Bertz CT molecular complexity index is 2600. The van der Waals surface area contributed by atoms with Gasteiger partial charge >= 0.3 is 33.6 Å². The number of rotatable bonds is 72. The van der Waals surface area contributed by atoms with E-state index in [2.05, 4.69) is 203 Å². The molecule has 5 unspecified atom stereocenters. The highest BCUT2D eigenvalue weighted by Crippen LogP contribution is 2.45. The molecule has 0 rings (SSSR count). The van der Waals surface area contributed by atoms with Gasteiger partial charge in [-0.1, -0.05) is 287 Å². The fraction of sp³-hybridized carbons (Fsp3) is 0.612. The van der Waals surface area contributed by atoms with Crippen LogP contribution in [-0.4, -0.2) is 95.9 Å². The predicted octanol–water partition coefficient (Wildman–Crippen LogP) is 23.0. The van der Waals surface area contributed by atoms with E-state index in [9.17, 15) is 43.5 Å². The van der Waals surface area contributed by atoms with Crippen LogP contribution in [0.3, 0.4) is 0 Å². The average Bonchev–Trinajstić information content (AvgIpc) is 0.914. The molecule has 5 atom stereocenters. The van der Waals surface area contributed by atoms with Gasteiger partial charge < -0.3 is 34.2 Å². The number of esters is 3. The summed E-state index contributed by atoms with van der Waals surface area (Å²) in [6.45, 7) is 2.25. The van der Waals surface area contributed by atoms with E-state index in [1.807, 2.05) is 0 Å². The van der Waals surface area contributed by atoms with Gasteiger partial charge in [0.05, 0.1) is 26.4 Å². The van der Waals surface area contributed by atoms with E-state index in [0.717, 1.165) is 186 Å². The molecule has 0 spiro atoms. The number of aliphatic hydroxyl groups excluding tert-OH is 2. The normalized spacial score (nSPS) is 15.0. The van der Waals surface area contributed by atoms with E-state index in [0.29, 0.717) is 19.3 Å². The topological polar surface area (TPSA) is 231 Å². The first-order valence-electron chi connectivity index (χ1n) is 39.1. The predicted molar refractivity (Wildman–Crippen MR) is 426 cm³/mol. The molecule has 18 heteroatoms. The highest BCUT2D eigenvalue weighted by Gasteiger charge is 2.29. The van der Waals surface area contributed by atoms with Gasteiger partial charge in [0.1, 0.15) is 25.4 Å². The summed E-state index contributed by atoms with van der Waals surface area (Å²) >= 11 is 0. The molecule has 0 amide bonds. The summed E-state index contributed by atoms with van der Waals surface area (Å²) in [6.07, 6.45) is 97.9. The number of hydrogen-bond donors (Lipinski definition) is 4. The van der Waals surface area contributed by atoms with Crippen LogP contribution in [0.15, 0.2) is 182 Å². The Morgan fingerprint density at radius 1 is 0.272 bits per heavy atom. The van der Waals surface area contributed by atoms with Crippen molar-refractivity contribution in [2.45, 2.75) is 296 Å². The first-order valence-corrected chi connectivity index (χ1v) is 42.1. The van der Waals surface area contributed by atoms with Crippen molar-refractivity contribution < 1.29 is 75.8 Å². The number of carbonyl (C=O) groups is 3. The second-order valence-electron chi connectivity index (χ2n) is 25.4. The number of carbonyl (C=O) groups excluding carboxylic acids is 3. The van der Waals surface area contributed by atoms with Gasteiger partial charge in [-0.15, -0.1) is 0 Å². The highest BCUT2D eigenvalue weighted by atomic mass is 31.2. The highest BCUT2D eigenvalue weighted by molar-refractivity contribution is 7.47. The van der Waals surface area contributed by atoms with E-state index in [1.54, 1.807) is 0 Å². The van der Waals surface area contributed by atoms with Crippen molar-refractivity contribution in [2.24, 2.45) is 0 Å². The van der Waals surface area contributed by atoms with E-state index >= 15 is 0 Å². The molecular weight excluding hydrogens is 1340 g/mol. The number of allylic oxidation sites excluding steroid dienone is 30. The molecule has 16 nitrogen and oxygen atoms in total. The van der Waals surface area contributed by atoms with Crippen LogP contribution in [0.2, 0.25) is 0 Å². The molecule has 0 aliphatic heterocycles. The summed E-state index contributed by atoms with van der Waals surface area (Å²) in [6, 6.07) is 0. The zero-order valence-corrected chi connectivity index (χ0v) is 65.5. The van der Waals surface area contributed by atoms with Crippen LogP contribution in [0.25, 0.3) is 0 Å². The SMILES string of the molecule is CC/C=C\C/C=C\C/C=C\C/C=C\C/C=C\C/C=C\CCCCCCCCCCCCC(=O)OCC(O)COP(=O)(O)OCC(O)COP(=O)(O)OCC(COC(=O)CCCC/C=C\C/C=C\C/C=C\C/C=C\C/C=C\C/C=C\CC)OC(=O)CCCCCCCCC/C=C\C/C=C\C/C=C\CC. The lowest BCUT2D eigenvalue weighted by Crippen LogP contribution is -2.30. The molecule has 0 saturated carbocycles. The summed E-state index contributed by atoms with van der Waals surface area (Å²) in [4.78, 5) is 58.7. The summed E-state index contributed by atoms with van der Waals surface area (Å²) in [5.41, 5.74) is 0. The summed E-state index contributed by atoms with van der Waals surface area (Å²) in [5, 5.41) is 20.6. The van der Waals surface area contributed by atoms with Gasteiger partial charge in [-0.2, -0.15) is 0 Å². The zero-order chi connectivity index (χ0) is 75.2. The standard InChI is InChI=1S/C85H138O16P2/c1-4-7-10-13-16-19-22-25-28-31-33-35-36-37-38-39-40-41-42-44-46-48-50-53-56-59-62-65-68-71-83(88)95-74-80(86)75-97-102(91,92)98-76-81(87)77-99-103(93,94)100-79-82(101-85(90)73-70-67-64-61-58-55-52-47-30-27-24-21-18-15-12-9-6-3)78-96-84(89)72-69-66-63-60-57-54-51-49-45-43-34-32-29-26-23-20-17-14-11-8-5-2/h7-12,16-21,25-30,33-35,37-38,40-41,43,49,51,57,60,80-82,86-87H,4-6,13-15,22-24,31-32,36,39,42,44-48,50,52-56,58-59,61-79H2,1-3H3,(H,91,92)(H,93,94)/b10-7-,11-8-,12-9-,19-16-,20-17-,21-18-,28-25-,29-26-,30-27-,35-33-,38-37-,41-40-,43-34-,51-49-,60-57-. The molecule has 103 heavy (non-hydrogen) atoms. The Morgan fingerprint density at radius 2 is 0.485 bits per heavy atom. The van der Waals surface area contributed by atoms with Crippen molar-refractivity contribution in [1.82, 2.24) is 0 Å². The molecule has 0 fully saturated rings. The number of phosphoric acid groups is 2. The second-order valence-corrected chi connectivity index (χ2v) is 28.3. The molecule has 0 aromatic heterocycles. The van der Waals surface area contributed by atoms with Crippen LogP contribution in [-0.2, 0) is 55.8 Å². The van der Waals surface area contributed by atoms with Crippen LogP contribution in [0.1, 0.15) is 278 Å². The molecule has 0 heterocycles. The Hall–Kier alpha value is -5.35. The minimum absolute atomic E-state index is 0.0767. The molecule has 0 saturated heterocycles. The summed E-state index contributed by atoms with van der Waals surface area (Å²) in [5.74, 6) is -1.65. The molecule has 584 valence electrons. The van der Waals surface area contributed by atoms with Gasteiger partial charge in [0.15, 0.2) is 6.10 Å². The summed E-state index contributed by atoms with van der Waals surface area (Å²) in [7, 11) is -9.82. The third-order valence-corrected chi connectivity index (χ3v) is 17.5. The molecule has 4 N–H and O–H groups in total. The Balaban J connectivity index is 4.64. The maximum absolute atomic E-state index is 13.0. The molecule has 0 aliphatic rings. The fourth-order valence-electron chi connectivity index (χ4n) is 9.77. The molecule has 0 aromatic rings. The quantitative estimate of drug-likeness (QED) is 0.0146. The van der Waals surface area contributed by atoms with Gasteiger partial charge in [0.25, 0.3) is 0 Å². The lowest BCUT2D eigenvalue weighted by molar-refractivity contribution is -0.161.